The zero-order valence-electron chi connectivity index (χ0n) is 12.4. The molecule has 2 heterocycles. The quantitative estimate of drug-likeness (QED) is 0.865. The highest BCUT2D eigenvalue weighted by atomic mass is 32.2. The smallest absolute Gasteiger partial charge is 0.326 e. The van der Waals surface area contributed by atoms with E-state index in [-0.39, 0.29) is 5.88 Å². The molecule has 0 bridgehead atoms. The maximum atomic E-state index is 12.3. The monoisotopic (exact) mass is 337 g/mol. The maximum absolute atomic E-state index is 12.3. The Morgan fingerprint density at radius 3 is 2.96 bits per heavy atom. The van der Waals surface area contributed by atoms with Crippen molar-refractivity contribution in [1.29, 1.82) is 0 Å². The predicted molar refractivity (Wildman–Crippen MR) is 81.3 cm³/mol. The number of benzene rings is 1. The van der Waals surface area contributed by atoms with Gasteiger partial charge in [0.2, 0.25) is 0 Å². The van der Waals surface area contributed by atoms with Crippen molar-refractivity contribution in [1.82, 2.24) is 9.88 Å². The van der Waals surface area contributed by atoms with E-state index in [2.05, 4.69) is 5.16 Å². The van der Waals surface area contributed by atoms with E-state index < -0.39 is 22.7 Å². The summed E-state index contributed by atoms with van der Waals surface area (Å²) in [5.41, 5.74) is 1.51. The number of carbonyl (C=O) groups excluding carboxylic acids is 1. The molecule has 1 aliphatic heterocycles. The van der Waals surface area contributed by atoms with Crippen LogP contribution in [0, 0.1) is 6.92 Å². The first kappa shape index (κ1) is 15.3. The van der Waals surface area contributed by atoms with Crippen LogP contribution in [0.15, 0.2) is 34.9 Å². The highest BCUT2D eigenvalue weighted by molar-refractivity contribution is 7.91. The van der Waals surface area contributed by atoms with Crippen LogP contribution in [0.3, 0.4) is 0 Å². The topological polar surface area (TPSA) is 102 Å². The maximum Gasteiger partial charge on any atom is 0.326 e. The van der Waals surface area contributed by atoms with Gasteiger partial charge in [-0.25, -0.2) is 4.72 Å². The average molecular weight is 337 g/mol. The molecule has 23 heavy (non-hydrogen) atoms. The Labute approximate surface area is 133 Å². The minimum atomic E-state index is -3.96. The number of hydrogen-bond acceptors (Lipinski definition) is 6. The highest BCUT2D eigenvalue weighted by Gasteiger charge is 2.30. The van der Waals surface area contributed by atoms with Gasteiger partial charge in [0.15, 0.2) is 6.61 Å². The molecule has 1 aromatic heterocycles. The lowest BCUT2D eigenvalue weighted by atomic mass is 10.2. The van der Waals surface area contributed by atoms with E-state index in [0.29, 0.717) is 24.4 Å². The minimum Gasteiger partial charge on any atom is -0.465 e. The van der Waals surface area contributed by atoms with Gasteiger partial charge in [-0.05, 0) is 30.1 Å². The molecule has 0 saturated heterocycles. The molecule has 0 aliphatic carbocycles. The molecule has 1 aliphatic rings. The van der Waals surface area contributed by atoms with E-state index in [1.165, 1.54) is 10.4 Å². The third-order valence-electron chi connectivity index (χ3n) is 3.33. The summed E-state index contributed by atoms with van der Waals surface area (Å²) < 4.78 is 37.7. The summed E-state index contributed by atoms with van der Waals surface area (Å²) in [4.78, 5) is 11.8. The molecule has 0 atom stereocenters. The lowest BCUT2D eigenvalue weighted by molar-refractivity contribution is -0.121. The standard InChI is InChI=1S/C14H15N3O5S/c1-10-8-14(15-22-10)21-9-13(18)16-23(19,20)17-7-6-11-4-2-3-5-12(11)17/h2-5,8H,6-7,9H2,1H3,(H,16,18). The van der Waals surface area contributed by atoms with Gasteiger partial charge in [-0.15, -0.1) is 0 Å². The van der Waals surface area contributed by atoms with Gasteiger partial charge in [0.1, 0.15) is 5.76 Å². The SMILES string of the molecule is Cc1cc(OCC(=O)NS(=O)(=O)N2CCc3ccccc32)no1. The Kier molecular flexibility index (Phi) is 3.95. The molecule has 0 radical (unpaired) electrons. The van der Waals surface area contributed by atoms with Crippen molar-refractivity contribution in [2.45, 2.75) is 13.3 Å². The number of hydrogen-bond donors (Lipinski definition) is 1. The third-order valence-corrected chi connectivity index (χ3v) is 4.78. The van der Waals surface area contributed by atoms with Crippen LogP contribution in [0.5, 0.6) is 5.88 Å². The molecular weight excluding hydrogens is 322 g/mol. The number of fused-ring (bicyclic) bond motifs is 1. The molecule has 2 aromatic rings. The first-order valence-electron chi connectivity index (χ1n) is 6.93. The van der Waals surface area contributed by atoms with E-state index in [9.17, 15) is 13.2 Å². The van der Waals surface area contributed by atoms with Crippen LogP contribution in [-0.2, 0) is 21.4 Å². The lowest BCUT2D eigenvalue weighted by Crippen LogP contribution is -2.44. The number of anilines is 1. The van der Waals surface area contributed by atoms with Gasteiger partial charge < -0.3 is 9.26 Å². The number of aromatic nitrogens is 1. The van der Waals surface area contributed by atoms with Crippen LogP contribution in [0.2, 0.25) is 0 Å². The second-order valence-corrected chi connectivity index (χ2v) is 6.64. The van der Waals surface area contributed by atoms with Crippen molar-refractivity contribution >= 4 is 21.8 Å². The summed E-state index contributed by atoms with van der Waals surface area (Å²) in [5, 5.41) is 3.55. The summed E-state index contributed by atoms with van der Waals surface area (Å²) in [5.74, 6) is -0.127. The Bertz CT molecular complexity index is 830. The fourth-order valence-electron chi connectivity index (χ4n) is 2.34. The van der Waals surface area contributed by atoms with E-state index in [4.69, 9.17) is 9.26 Å². The molecule has 9 heteroatoms. The number of rotatable bonds is 5. The van der Waals surface area contributed by atoms with E-state index in [1.54, 1.807) is 19.1 Å². The number of amides is 1. The van der Waals surface area contributed by atoms with Gasteiger partial charge in [-0.3, -0.25) is 9.10 Å². The molecular formula is C14H15N3O5S. The number of carbonyl (C=O) groups is 1. The summed E-state index contributed by atoms with van der Waals surface area (Å²) in [7, 11) is -3.96. The summed E-state index contributed by atoms with van der Waals surface area (Å²) in [6.07, 6.45) is 0.611. The van der Waals surface area contributed by atoms with Crippen molar-refractivity contribution in [2.24, 2.45) is 0 Å². The highest BCUT2D eigenvalue weighted by Crippen LogP contribution is 2.29. The van der Waals surface area contributed by atoms with Crippen molar-refractivity contribution in [3.05, 3.63) is 41.7 Å². The summed E-state index contributed by atoms with van der Waals surface area (Å²) in [6.45, 7) is 1.50. The van der Waals surface area contributed by atoms with Crippen LogP contribution >= 0.6 is 0 Å². The zero-order valence-corrected chi connectivity index (χ0v) is 13.2. The molecule has 3 rings (SSSR count). The number of nitrogens with one attached hydrogen (secondary N) is 1. The van der Waals surface area contributed by atoms with E-state index in [0.717, 1.165) is 5.56 Å². The number of para-hydroxylation sites is 1. The number of ether oxygens (including phenoxy) is 1. The van der Waals surface area contributed by atoms with Gasteiger partial charge in [0.05, 0.1) is 5.69 Å². The summed E-state index contributed by atoms with van der Waals surface area (Å²) in [6, 6.07) is 8.67. The Hall–Kier alpha value is -2.55. The second-order valence-electron chi connectivity index (χ2n) is 5.05. The third kappa shape index (κ3) is 3.29. The molecule has 1 N–H and O–H groups in total. The van der Waals surface area contributed by atoms with Crippen LogP contribution in [0.4, 0.5) is 5.69 Å². The van der Waals surface area contributed by atoms with E-state index >= 15 is 0 Å². The van der Waals surface area contributed by atoms with Crippen LogP contribution in [0.1, 0.15) is 11.3 Å². The van der Waals surface area contributed by atoms with Gasteiger partial charge in [-0.2, -0.15) is 8.42 Å². The molecule has 0 fully saturated rings. The van der Waals surface area contributed by atoms with Gasteiger partial charge in [0.25, 0.3) is 11.8 Å². The minimum absolute atomic E-state index is 0.126. The Balaban J connectivity index is 1.64. The van der Waals surface area contributed by atoms with Gasteiger partial charge in [-0.1, -0.05) is 18.2 Å². The Morgan fingerprint density at radius 2 is 2.22 bits per heavy atom. The number of nitrogens with zero attached hydrogens (tertiary/aromatic N) is 2. The second kappa shape index (κ2) is 5.92. The Morgan fingerprint density at radius 1 is 1.43 bits per heavy atom. The predicted octanol–water partition coefficient (Wildman–Crippen LogP) is 0.786. The normalized spacial score (nSPS) is 13.7. The first-order valence-corrected chi connectivity index (χ1v) is 8.37. The van der Waals surface area contributed by atoms with Crippen molar-refractivity contribution < 1.29 is 22.5 Å². The molecule has 1 amide bonds. The molecule has 1 aromatic carbocycles. The average Bonchev–Trinajstić information content (AvgIpc) is 3.11. The van der Waals surface area contributed by atoms with Gasteiger partial charge >= 0.3 is 10.2 Å². The van der Waals surface area contributed by atoms with Crippen molar-refractivity contribution in [3.63, 3.8) is 0 Å². The fraction of sp³-hybridized carbons (Fsp3) is 0.286. The molecule has 0 unspecified atom stereocenters. The van der Waals surface area contributed by atoms with Crippen LogP contribution in [-0.4, -0.2) is 32.6 Å². The summed E-state index contributed by atoms with van der Waals surface area (Å²) >= 11 is 0. The first-order chi connectivity index (χ1) is 11.0. The van der Waals surface area contributed by atoms with Crippen LogP contribution in [0.25, 0.3) is 0 Å². The lowest BCUT2D eigenvalue weighted by Gasteiger charge is -2.19. The van der Waals surface area contributed by atoms with Crippen LogP contribution < -0.4 is 13.8 Å². The van der Waals surface area contributed by atoms with Gasteiger partial charge in [0, 0.05) is 12.6 Å². The molecule has 122 valence electrons. The fourth-order valence-corrected chi connectivity index (χ4v) is 3.56. The number of aryl methyl sites for hydroxylation is 1. The van der Waals surface area contributed by atoms with E-state index in [1.807, 2.05) is 16.9 Å². The molecule has 0 spiro atoms. The largest absolute Gasteiger partial charge is 0.465 e. The molecule has 0 saturated carbocycles. The zero-order chi connectivity index (χ0) is 16.4. The molecule has 8 nitrogen and oxygen atoms in total. The van der Waals surface area contributed by atoms with Crippen molar-refractivity contribution in [2.75, 3.05) is 17.5 Å². The van der Waals surface area contributed by atoms with Crippen molar-refractivity contribution in [3.8, 4) is 5.88 Å².